The molecule has 0 aliphatic heterocycles. The predicted molar refractivity (Wildman–Crippen MR) is 231 cm³/mol. The third-order valence-electron chi connectivity index (χ3n) is 11.1. The van der Waals surface area contributed by atoms with E-state index in [4.69, 9.17) is 0 Å². The standard InChI is InChI=1S/C48H39NO11S2/c50-44-31-6-4-8-33(44)21-35-18-30(13-12-29-14-16-49(17-15-29)41-10-2-1-3-11-41)19-36(46(35)52)23-38-26-43(62(58,59)60)28-40(48(38)54)24-39-27-42(61(55,56)57)25-37(47(39)53)22-34-9-5-7-32(20-31)45(34)51/h1-19,25-28H,20-24H2,(H6,50,51,53,54,55,56,57,58,59,60)/p+1. The van der Waals surface area contributed by atoms with Gasteiger partial charge in [0.15, 0.2) is 12.4 Å². The van der Waals surface area contributed by atoms with Gasteiger partial charge in [-0.1, -0.05) is 66.7 Å². The summed E-state index contributed by atoms with van der Waals surface area (Å²) in [6.07, 6.45) is 6.67. The molecule has 1 aliphatic carbocycles. The highest BCUT2D eigenvalue weighted by Crippen LogP contribution is 2.40. The van der Waals surface area contributed by atoms with E-state index in [0.29, 0.717) is 27.8 Å². The fourth-order valence-corrected chi connectivity index (χ4v) is 9.01. The van der Waals surface area contributed by atoms with Crippen LogP contribution in [-0.2, 0) is 52.3 Å². The van der Waals surface area contributed by atoms with Gasteiger partial charge in [0.1, 0.15) is 28.7 Å². The second-order valence-corrected chi connectivity index (χ2v) is 18.1. The Balaban J connectivity index is 1.32. The lowest BCUT2D eigenvalue weighted by atomic mass is 9.90. The predicted octanol–water partition coefficient (Wildman–Crippen LogP) is 7.42. The van der Waals surface area contributed by atoms with E-state index in [1.54, 1.807) is 48.5 Å². The van der Waals surface area contributed by atoms with Crippen LogP contribution in [0.25, 0.3) is 17.8 Å². The Morgan fingerprint density at radius 3 is 1.10 bits per heavy atom. The maximum atomic E-state index is 12.7. The Morgan fingerprint density at radius 1 is 0.387 bits per heavy atom. The number of hydrogen-bond donors (Lipinski definition) is 7. The van der Waals surface area contributed by atoms with Gasteiger partial charge in [0.2, 0.25) is 5.69 Å². The van der Waals surface area contributed by atoms with Crippen LogP contribution in [0.1, 0.15) is 66.8 Å². The van der Waals surface area contributed by atoms with Crippen LogP contribution in [0.5, 0.6) is 28.7 Å². The normalized spacial score (nSPS) is 13.2. The summed E-state index contributed by atoms with van der Waals surface area (Å²) in [6, 6.07) is 31.1. The molecule has 0 saturated heterocycles. The molecule has 0 fully saturated rings. The van der Waals surface area contributed by atoms with Crippen molar-refractivity contribution in [2.75, 3.05) is 0 Å². The van der Waals surface area contributed by atoms with Gasteiger partial charge in [-0.2, -0.15) is 21.4 Å². The molecule has 10 bridgehead atoms. The number of aromatic hydroxyl groups is 5. The van der Waals surface area contributed by atoms with E-state index in [9.17, 15) is 51.5 Å². The van der Waals surface area contributed by atoms with Gasteiger partial charge in [-0.25, -0.2) is 0 Å². The molecule has 6 aromatic carbocycles. The molecule has 12 nitrogen and oxygen atoms in total. The lowest BCUT2D eigenvalue weighted by Crippen LogP contribution is -2.28. The monoisotopic (exact) mass is 870 g/mol. The fraction of sp³-hybridized carbons (Fsp3) is 0.104. The van der Waals surface area contributed by atoms with E-state index in [0.717, 1.165) is 35.5 Å². The molecule has 0 spiro atoms. The molecule has 0 radical (unpaired) electrons. The summed E-state index contributed by atoms with van der Waals surface area (Å²) in [5.74, 6) is -1.43. The average Bonchev–Trinajstić information content (AvgIpc) is 3.23. The first-order chi connectivity index (χ1) is 29.5. The van der Waals surface area contributed by atoms with E-state index >= 15 is 0 Å². The fourth-order valence-electron chi connectivity index (χ4n) is 7.85. The molecule has 7 aromatic rings. The Kier molecular flexibility index (Phi) is 11.1. The van der Waals surface area contributed by atoms with Crippen LogP contribution in [0, 0.1) is 0 Å². The molecule has 8 rings (SSSR count). The minimum absolute atomic E-state index is 0.0271. The summed E-state index contributed by atoms with van der Waals surface area (Å²) in [7, 11) is -9.80. The zero-order chi connectivity index (χ0) is 43.9. The van der Waals surface area contributed by atoms with Crippen molar-refractivity contribution in [2.24, 2.45) is 0 Å². The zero-order valence-electron chi connectivity index (χ0n) is 32.8. The summed E-state index contributed by atoms with van der Waals surface area (Å²) in [5.41, 5.74) is 4.30. The molecule has 1 aromatic heterocycles. The molecule has 0 unspecified atom stereocenters. The van der Waals surface area contributed by atoms with Crippen molar-refractivity contribution >= 4 is 32.4 Å². The van der Waals surface area contributed by atoms with Gasteiger partial charge < -0.3 is 25.5 Å². The highest BCUT2D eigenvalue weighted by atomic mass is 32.2. The quantitative estimate of drug-likeness (QED) is 0.0668. The SMILES string of the molecule is O=S(=O)(O)c1cc2c(O)c(c1)Cc1cc(S(=O)(=O)O)cc(c1O)Cc1cc(/C=C/c3cc[n+](-c4ccccc4)cc3)cc(c1O)Cc1cccc(c1O)Cc1cccc(c1O)C2. The maximum Gasteiger partial charge on any atom is 0.294 e. The first-order valence-electron chi connectivity index (χ1n) is 19.4. The van der Waals surface area contributed by atoms with Crippen LogP contribution >= 0.6 is 0 Å². The van der Waals surface area contributed by atoms with Crippen LogP contribution in [-0.4, -0.2) is 51.5 Å². The number of pyridine rings is 1. The zero-order valence-corrected chi connectivity index (χ0v) is 34.5. The molecular weight excluding hydrogens is 831 g/mol. The third kappa shape index (κ3) is 8.76. The molecule has 0 amide bonds. The van der Waals surface area contributed by atoms with Gasteiger partial charge in [-0.15, -0.1) is 0 Å². The van der Waals surface area contributed by atoms with Crippen LogP contribution in [0.15, 0.2) is 137 Å². The molecule has 1 heterocycles. The smallest absolute Gasteiger partial charge is 0.294 e. The average molecular weight is 871 g/mol. The van der Waals surface area contributed by atoms with Crippen LogP contribution in [0.2, 0.25) is 0 Å². The second kappa shape index (κ2) is 16.5. The van der Waals surface area contributed by atoms with Gasteiger partial charge in [0.05, 0.1) is 9.79 Å². The summed E-state index contributed by atoms with van der Waals surface area (Å²) < 4.78 is 72.7. The van der Waals surface area contributed by atoms with Gasteiger partial charge >= 0.3 is 0 Å². The van der Waals surface area contributed by atoms with Gasteiger partial charge in [-0.05, 0) is 80.9 Å². The minimum Gasteiger partial charge on any atom is -0.507 e. The van der Waals surface area contributed by atoms with Crippen molar-refractivity contribution in [3.63, 3.8) is 0 Å². The van der Waals surface area contributed by atoms with E-state index in [2.05, 4.69) is 0 Å². The molecule has 1 aliphatic rings. The molecule has 314 valence electrons. The Morgan fingerprint density at radius 2 is 0.710 bits per heavy atom. The number of aromatic nitrogens is 1. The van der Waals surface area contributed by atoms with Gasteiger partial charge in [0, 0.05) is 78.6 Å². The van der Waals surface area contributed by atoms with Crippen molar-refractivity contribution in [1.29, 1.82) is 0 Å². The number of para-hydroxylation sites is 3. The van der Waals surface area contributed by atoms with E-state index in [1.165, 1.54) is 0 Å². The molecule has 0 atom stereocenters. The summed E-state index contributed by atoms with van der Waals surface area (Å²) in [4.78, 5) is -1.23. The Bertz CT molecular complexity index is 3150. The topological polar surface area (TPSA) is 214 Å². The molecular formula is C48H40NO11S2+. The number of hydrogen-bond acceptors (Lipinski definition) is 9. The van der Waals surface area contributed by atoms with Crippen molar-refractivity contribution < 1.29 is 56.0 Å². The molecule has 14 heteroatoms. The second-order valence-electron chi connectivity index (χ2n) is 15.3. The number of phenolic OH excluding ortho intramolecular Hbond substituents is 5. The summed E-state index contributed by atoms with van der Waals surface area (Å²) in [6.45, 7) is 0. The first kappa shape index (κ1) is 41.8. The molecule has 7 N–H and O–H groups in total. The number of rotatable bonds is 5. The number of phenols is 5. The first-order valence-corrected chi connectivity index (χ1v) is 22.2. The van der Waals surface area contributed by atoms with Crippen molar-refractivity contribution in [2.45, 2.75) is 41.9 Å². The van der Waals surface area contributed by atoms with Crippen LogP contribution < -0.4 is 4.57 Å². The molecule has 0 saturated carbocycles. The largest absolute Gasteiger partial charge is 0.507 e. The summed E-state index contributed by atoms with van der Waals surface area (Å²) >= 11 is 0. The lowest BCUT2D eigenvalue weighted by Gasteiger charge is -2.18. The number of nitrogens with zero attached hydrogens (tertiary/aromatic N) is 1. The third-order valence-corrected chi connectivity index (χ3v) is 12.7. The van der Waals surface area contributed by atoms with E-state index < -0.39 is 47.9 Å². The van der Waals surface area contributed by atoms with Gasteiger partial charge in [-0.3, -0.25) is 9.11 Å². The Hall–Kier alpha value is -6.97. The molecule has 62 heavy (non-hydrogen) atoms. The van der Waals surface area contributed by atoms with E-state index in [1.807, 2.05) is 71.6 Å². The minimum atomic E-state index is -4.92. The van der Waals surface area contributed by atoms with Gasteiger partial charge in [0.25, 0.3) is 20.2 Å². The Labute approximate surface area is 357 Å². The van der Waals surface area contributed by atoms with Crippen molar-refractivity contribution in [1.82, 2.24) is 0 Å². The van der Waals surface area contributed by atoms with Crippen LogP contribution in [0.3, 0.4) is 0 Å². The van der Waals surface area contributed by atoms with Crippen LogP contribution in [0.4, 0.5) is 0 Å². The van der Waals surface area contributed by atoms with Crippen molar-refractivity contribution in [3.05, 3.63) is 194 Å². The highest BCUT2D eigenvalue weighted by Gasteiger charge is 2.24. The lowest BCUT2D eigenvalue weighted by molar-refractivity contribution is -0.595. The summed E-state index contributed by atoms with van der Waals surface area (Å²) in [5, 5.41) is 58.4. The highest BCUT2D eigenvalue weighted by molar-refractivity contribution is 7.86. The number of fused-ring (bicyclic) bond motifs is 10. The number of benzene rings is 6. The van der Waals surface area contributed by atoms with E-state index in [-0.39, 0.29) is 76.3 Å². The maximum absolute atomic E-state index is 12.7. The van der Waals surface area contributed by atoms with Crippen molar-refractivity contribution in [3.8, 4) is 34.4 Å².